The molecule has 0 saturated carbocycles. The van der Waals surface area contributed by atoms with Gasteiger partial charge in [-0.3, -0.25) is 0 Å². The van der Waals surface area contributed by atoms with Gasteiger partial charge >= 0.3 is 66.1 Å². The first-order valence-electron chi connectivity index (χ1n) is 3.06. The number of benzene rings is 1. The van der Waals surface area contributed by atoms with Crippen LogP contribution in [-0.4, -0.2) is 15.0 Å². The van der Waals surface area contributed by atoms with Gasteiger partial charge in [0.2, 0.25) is 0 Å². The van der Waals surface area contributed by atoms with E-state index in [0.717, 1.165) is 5.56 Å². The molecule has 0 heterocycles. The summed E-state index contributed by atoms with van der Waals surface area (Å²) in [7, 11) is 0. The third kappa shape index (κ3) is 1.59. The molecule has 1 rings (SSSR count). The molecule has 1 aromatic rings. The average Bonchev–Trinajstić information content (AvgIpc) is 2.04. The van der Waals surface area contributed by atoms with E-state index >= 15 is 0 Å². The summed E-state index contributed by atoms with van der Waals surface area (Å²) >= 11 is 0.419. The molecule has 0 fully saturated rings. The molecule has 0 radical (unpaired) electrons. The topological polar surface area (TPSA) is 0 Å². The van der Waals surface area contributed by atoms with E-state index in [1.807, 2.05) is 24.3 Å². The predicted octanol–water partition coefficient (Wildman–Crippen LogP) is 1.53. The molecule has 0 nitrogen and oxygen atoms in total. The van der Waals surface area contributed by atoms with Crippen LogP contribution in [0.15, 0.2) is 24.3 Å². The Kier molecular flexibility index (Phi) is 2.91. The van der Waals surface area contributed by atoms with Crippen molar-refractivity contribution in [1.82, 2.24) is 0 Å². The zero-order valence-electron chi connectivity index (χ0n) is 5.80. The van der Waals surface area contributed by atoms with Crippen molar-refractivity contribution >= 4 is 19.4 Å². The van der Waals surface area contributed by atoms with Crippen LogP contribution in [0.25, 0.3) is 0 Å². The molecule has 0 bridgehead atoms. The van der Waals surface area contributed by atoms with Crippen LogP contribution in [-0.2, 0) is 6.67 Å². The zero-order valence-corrected chi connectivity index (χ0v) is 7.52. The van der Waals surface area contributed by atoms with Gasteiger partial charge in [0.25, 0.3) is 0 Å². The number of alkyl halides is 1. The number of hydrogen-bond donors (Lipinski definition) is 0. The number of hydrogen-bond acceptors (Lipinski definition) is 0. The van der Waals surface area contributed by atoms with Gasteiger partial charge in [-0.1, -0.05) is 0 Å². The van der Waals surface area contributed by atoms with Crippen molar-refractivity contribution in [1.29, 1.82) is 0 Å². The second-order valence-corrected chi connectivity index (χ2v) is 3.72. The van der Waals surface area contributed by atoms with Gasteiger partial charge in [0.1, 0.15) is 0 Å². The second kappa shape index (κ2) is 3.74. The molecule has 0 N–H and O–H groups in total. The third-order valence-electron chi connectivity index (χ3n) is 1.34. The van der Waals surface area contributed by atoms with Gasteiger partial charge in [0.15, 0.2) is 0 Å². The van der Waals surface area contributed by atoms with Crippen LogP contribution >= 0.6 is 0 Å². The molecule has 0 aromatic heterocycles. The average molecular weight is 203 g/mol. The first kappa shape index (κ1) is 7.77. The Balaban J connectivity index is 2.96. The molecule has 54 valence electrons. The fourth-order valence-electron chi connectivity index (χ4n) is 0.813. The molecule has 0 aliphatic carbocycles. The zero-order chi connectivity index (χ0) is 7.40. The number of halogens is 1. The van der Waals surface area contributed by atoms with E-state index in [2.05, 4.69) is 5.82 Å². The minimum absolute atomic E-state index is 0.328. The normalized spacial score (nSPS) is 9.80. The van der Waals surface area contributed by atoms with Crippen LogP contribution in [0.2, 0.25) is 5.82 Å². The molecule has 0 saturated heterocycles. The van der Waals surface area contributed by atoms with Crippen molar-refractivity contribution in [2.75, 3.05) is 0 Å². The van der Waals surface area contributed by atoms with Crippen molar-refractivity contribution in [3.8, 4) is 0 Å². The van der Waals surface area contributed by atoms with Crippen molar-refractivity contribution in [3.05, 3.63) is 29.8 Å². The standard InChI is InChI=1S/C8H9FSe/c1-10-8-5-3-2-4-7(8)6-9/h2-5H,6H2,1H3. The SMILES string of the molecule is C[Se]c1ccccc1CF. The van der Waals surface area contributed by atoms with E-state index in [-0.39, 0.29) is 6.67 Å². The summed E-state index contributed by atoms with van der Waals surface area (Å²) in [6.45, 7) is -0.328. The summed E-state index contributed by atoms with van der Waals surface area (Å²) in [5.74, 6) is 2.10. The Bertz CT molecular complexity index is 187. The summed E-state index contributed by atoms with van der Waals surface area (Å²) in [5, 5.41) is 0. The summed E-state index contributed by atoms with van der Waals surface area (Å²) in [6, 6.07) is 7.68. The minimum atomic E-state index is -0.328. The van der Waals surface area contributed by atoms with E-state index in [4.69, 9.17) is 0 Å². The van der Waals surface area contributed by atoms with Gasteiger partial charge in [0.05, 0.1) is 0 Å². The Morgan fingerprint density at radius 1 is 1.40 bits per heavy atom. The van der Waals surface area contributed by atoms with Crippen LogP contribution in [0.5, 0.6) is 0 Å². The third-order valence-corrected chi connectivity index (χ3v) is 3.09. The molecule has 0 unspecified atom stereocenters. The molecule has 10 heavy (non-hydrogen) atoms. The summed E-state index contributed by atoms with van der Waals surface area (Å²) in [6.07, 6.45) is 0. The summed E-state index contributed by atoms with van der Waals surface area (Å²) < 4.78 is 13.4. The van der Waals surface area contributed by atoms with Gasteiger partial charge < -0.3 is 0 Å². The van der Waals surface area contributed by atoms with E-state index in [9.17, 15) is 4.39 Å². The van der Waals surface area contributed by atoms with Gasteiger partial charge in [-0.05, 0) is 0 Å². The van der Waals surface area contributed by atoms with Crippen molar-refractivity contribution < 1.29 is 4.39 Å². The van der Waals surface area contributed by atoms with E-state index in [1.54, 1.807) is 0 Å². The van der Waals surface area contributed by atoms with Crippen LogP contribution in [0, 0.1) is 0 Å². The van der Waals surface area contributed by atoms with E-state index < -0.39 is 0 Å². The van der Waals surface area contributed by atoms with Crippen LogP contribution < -0.4 is 4.46 Å². The molecular formula is C8H9FSe. The fourth-order valence-corrected chi connectivity index (χ4v) is 2.07. The van der Waals surface area contributed by atoms with Gasteiger partial charge in [-0.15, -0.1) is 0 Å². The maximum absolute atomic E-state index is 12.2. The Labute approximate surface area is 66.6 Å². The van der Waals surface area contributed by atoms with Gasteiger partial charge in [-0.2, -0.15) is 0 Å². The molecule has 1 aromatic carbocycles. The van der Waals surface area contributed by atoms with Gasteiger partial charge in [-0.25, -0.2) is 0 Å². The molecule has 0 aliphatic rings. The molecular weight excluding hydrogens is 194 g/mol. The first-order valence-corrected chi connectivity index (χ1v) is 5.63. The molecule has 2 heteroatoms. The summed E-state index contributed by atoms with van der Waals surface area (Å²) in [4.78, 5) is 0. The Morgan fingerprint density at radius 3 is 2.60 bits per heavy atom. The Hall–Kier alpha value is -0.331. The Morgan fingerprint density at radius 2 is 2.10 bits per heavy atom. The van der Waals surface area contributed by atoms with E-state index in [0.29, 0.717) is 15.0 Å². The van der Waals surface area contributed by atoms with E-state index in [1.165, 1.54) is 4.46 Å². The van der Waals surface area contributed by atoms with Crippen LogP contribution in [0.1, 0.15) is 5.56 Å². The second-order valence-electron chi connectivity index (χ2n) is 1.95. The molecule has 0 aliphatic heterocycles. The monoisotopic (exact) mass is 204 g/mol. The first-order chi connectivity index (χ1) is 4.88. The van der Waals surface area contributed by atoms with Crippen molar-refractivity contribution in [3.63, 3.8) is 0 Å². The molecule has 0 atom stereocenters. The van der Waals surface area contributed by atoms with Crippen LogP contribution in [0.4, 0.5) is 4.39 Å². The fraction of sp³-hybridized carbons (Fsp3) is 0.250. The maximum atomic E-state index is 12.2. The summed E-state index contributed by atoms with van der Waals surface area (Å²) in [5.41, 5.74) is 0.852. The quantitative estimate of drug-likeness (QED) is 0.639. The van der Waals surface area contributed by atoms with Crippen LogP contribution in [0.3, 0.4) is 0 Å². The predicted molar refractivity (Wildman–Crippen MR) is 42.5 cm³/mol. The van der Waals surface area contributed by atoms with Gasteiger partial charge in [0, 0.05) is 0 Å². The van der Waals surface area contributed by atoms with Crippen molar-refractivity contribution in [2.24, 2.45) is 0 Å². The number of rotatable bonds is 2. The molecule has 0 spiro atoms. The molecule has 0 amide bonds. The van der Waals surface area contributed by atoms with Crippen molar-refractivity contribution in [2.45, 2.75) is 12.5 Å².